The van der Waals surface area contributed by atoms with Crippen molar-refractivity contribution in [3.05, 3.63) is 109 Å². The van der Waals surface area contributed by atoms with Gasteiger partial charge in [0.25, 0.3) is 0 Å². The molecule has 0 radical (unpaired) electrons. The zero-order valence-corrected chi connectivity index (χ0v) is 15.5. The molecule has 1 aliphatic rings. The van der Waals surface area contributed by atoms with Crippen LogP contribution in [-0.4, -0.2) is 0 Å². The summed E-state index contributed by atoms with van der Waals surface area (Å²) in [6.45, 7) is 2.20. The van der Waals surface area contributed by atoms with E-state index in [0.29, 0.717) is 0 Å². The standard InChI is InChI=1S/C25H20S/c1-19-16-17-23-22-14-8-9-15-24(22)26(25(23)18-19,20-10-4-2-5-11-20)21-12-6-3-7-13-21/h2-18H,1H3. The molecule has 0 N–H and O–H groups in total. The first kappa shape index (κ1) is 15.5. The smallest absolute Gasteiger partial charge is 0.0105 e. The zero-order valence-electron chi connectivity index (χ0n) is 14.7. The van der Waals surface area contributed by atoms with Crippen molar-refractivity contribution in [3.8, 4) is 11.1 Å². The molecule has 0 fully saturated rings. The summed E-state index contributed by atoms with van der Waals surface area (Å²) >= 11 is 0. The highest BCUT2D eigenvalue weighted by atomic mass is 32.3. The summed E-state index contributed by atoms with van der Waals surface area (Å²) in [5, 5.41) is 0. The van der Waals surface area contributed by atoms with E-state index in [1.165, 1.54) is 36.3 Å². The first-order valence-corrected chi connectivity index (χ1v) is 10.6. The maximum Gasteiger partial charge on any atom is 0.0105 e. The Morgan fingerprint density at radius 1 is 0.500 bits per heavy atom. The van der Waals surface area contributed by atoms with Gasteiger partial charge in [0.2, 0.25) is 0 Å². The summed E-state index contributed by atoms with van der Waals surface area (Å²) in [5.74, 6) is 0. The summed E-state index contributed by atoms with van der Waals surface area (Å²) in [5.41, 5.74) is 4.08. The molecule has 0 amide bonds. The average molecular weight is 353 g/mol. The van der Waals surface area contributed by atoms with Gasteiger partial charge < -0.3 is 0 Å². The van der Waals surface area contributed by atoms with Crippen molar-refractivity contribution < 1.29 is 0 Å². The van der Waals surface area contributed by atoms with Gasteiger partial charge in [0.05, 0.1) is 0 Å². The monoisotopic (exact) mass is 352 g/mol. The summed E-state index contributed by atoms with van der Waals surface area (Å²) in [6, 6.07) is 38.0. The molecule has 0 aliphatic carbocycles. The Labute approximate surface area is 156 Å². The van der Waals surface area contributed by atoms with Crippen molar-refractivity contribution in [2.24, 2.45) is 0 Å². The van der Waals surface area contributed by atoms with Crippen molar-refractivity contribution in [1.29, 1.82) is 0 Å². The number of hydrogen-bond acceptors (Lipinski definition) is 0. The fourth-order valence-electron chi connectivity index (χ4n) is 4.07. The van der Waals surface area contributed by atoms with Crippen molar-refractivity contribution in [2.75, 3.05) is 0 Å². The lowest BCUT2D eigenvalue weighted by molar-refractivity contribution is 1.28. The number of rotatable bonds is 2. The molecular formula is C25H20S. The molecule has 5 rings (SSSR count). The van der Waals surface area contributed by atoms with E-state index in [9.17, 15) is 0 Å². The molecule has 0 atom stereocenters. The first-order valence-electron chi connectivity index (χ1n) is 8.95. The third-order valence-electron chi connectivity index (χ3n) is 5.17. The van der Waals surface area contributed by atoms with Crippen LogP contribution >= 0.6 is 10.0 Å². The molecule has 0 bridgehead atoms. The quantitative estimate of drug-likeness (QED) is 0.312. The first-order chi connectivity index (χ1) is 12.8. The summed E-state index contributed by atoms with van der Waals surface area (Å²) in [6.07, 6.45) is 0. The van der Waals surface area contributed by atoms with Crippen molar-refractivity contribution >= 4 is 10.0 Å². The lowest BCUT2D eigenvalue weighted by atomic mass is 10.0. The number of aryl methyl sites for hydroxylation is 1. The fourth-order valence-corrected chi connectivity index (χ4v) is 8.39. The minimum Gasteiger partial charge on any atom is -0.132 e. The Kier molecular flexibility index (Phi) is 3.51. The van der Waals surface area contributed by atoms with E-state index in [1.807, 2.05) is 0 Å². The van der Waals surface area contributed by atoms with E-state index in [4.69, 9.17) is 0 Å². The van der Waals surface area contributed by atoms with Gasteiger partial charge in [-0.05, 0) is 60.0 Å². The topological polar surface area (TPSA) is 0 Å². The van der Waals surface area contributed by atoms with Crippen LogP contribution in [0.1, 0.15) is 5.56 Å². The van der Waals surface area contributed by atoms with E-state index in [-0.39, 0.29) is 0 Å². The minimum absolute atomic E-state index is 1.32. The highest BCUT2D eigenvalue weighted by molar-refractivity contribution is 8.34. The van der Waals surface area contributed by atoms with Gasteiger partial charge in [-0.25, -0.2) is 0 Å². The molecule has 4 aromatic rings. The fraction of sp³-hybridized carbons (Fsp3) is 0.0400. The normalized spacial score (nSPS) is 15.1. The predicted molar refractivity (Wildman–Crippen MR) is 110 cm³/mol. The summed E-state index contributed by atoms with van der Waals surface area (Å²) in [7, 11) is -1.46. The number of benzene rings is 4. The maximum absolute atomic E-state index is 2.41. The molecule has 0 aromatic heterocycles. The van der Waals surface area contributed by atoms with Gasteiger partial charge in [-0.15, -0.1) is 10.0 Å². The molecule has 1 heteroatoms. The zero-order chi connectivity index (χ0) is 17.6. The van der Waals surface area contributed by atoms with Crippen LogP contribution < -0.4 is 0 Å². The van der Waals surface area contributed by atoms with Gasteiger partial charge in [-0.2, -0.15) is 0 Å². The van der Waals surface area contributed by atoms with E-state index in [2.05, 4.69) is 110 Å². The van der Waals surface area contributed by atoms with E-state index in [1.54, 1.807) is 0 Å². The molecule has 1 aliphatic heterocycles. The molecule has 1 heterocycles. The maximum atomic E-state index is 2.41. The second-order valence-electron chi connectivity index (χ2n) is 6.73. The van der Waals surface area contributed by atoms with Gasteiger partial charge in [0.15, 0.2) is 0 Å². The van der Waals surface area contributed by atoms with Gasteiger partial charge in [0, 0.05) is 19.6 Å². The molecule has 26 heavy (non-hydrogen) atoms. The Hall–Kier alpha value is -2.77. The van der Waals surface area contributed by atoms with Crippen LogP contribution in [0.2, 0.25) is 0 Å². The largest absolute Gasteiger partial charge is 0.132 e. The predicted octanol–water partition coefficient (Wildman–Crippen LogP) is 7.32. The van der Waals surface area contributed by atoms with Crippen molar-refractivity contribution in [2.45, 2.75) is 26.5 Å². The van der Waals surface area contributed by atoms with Crippen molar-refractivity contribution in [1.82, 2.24) is 0 Å². The summed E-state index contributed by atoms with van der Waals surface area (Å²) < 4.78 is 0. The van der Waals surface area contributed by atoms with Gasteiger partial charge in [-0.3, -0.25) is 0 Å². The Morgan fingerprint density at radius 2 is 1.04 bits per heavy atom. The average Bonchev–Trinajstić information content (AvgIpc) is 3.00. The van der Waals surface area contributed by atoms with E-state index in [0.717, 1.165) is 0 Å². The third-order valence-corrected chi connectivity index (χ3v) is 9.14. The molecular weight excluding hydrogens is 332 g/mol. The van der Waals surface area contributed by atoms with Gasteiger partial charge in [0.1, 0.15) is 0 Å². The van der Waals surface area contributed by atoms with Crippen LogP contribution in [0.25, 0.3) is 11.1 Å². The van der Waals surface area contributed by atoms with Crippen LogP contribution in [0.3, 0.4) is 0 Å². The number of fused-ring (bicyclic) bond motifs is 3. The molecule has 0 spiro atoms. The molecule has 4 aromatic carbocycles. The van der Waals surface area contributed by atoms with Crippen LogP contribution in [0.15, 0.2) is 123 Å². The second-order valence-corrected chi connectivity index (χ2v) is 9.78. The van der Waals surface area contributed by atoms with Gasteiger partial charge >= 0.3 is 0 Å². The third kappa shape index (κ3) is 2.04. The van der Waals surface area contributed by atoms with E-state index >= 15 is 0 Å². The lowest BCUT2D eigenvalue weighted by Gasteiger charge is -2.39. The van der Waals surface area contributed by atoms with Crippen LogP contribution in [0.4, 0.5) is 0 Å². The van der Waals surface area contributed by atoms with Crippen molar-refractivity contribution in [3.63, 3.8) is 0 Å². The van der Waals surface area contributed by atoms with E-state index < -0.39 is 10.0 Å². The molecule has 126 valence electrons. The highest BCUT2D eigenvalue weighted by Gasteiger charge is 2.41. The minimum atomic E-state index is -1.46. The SMILES string of the molecule is Cc1ccc2c(c1)S(c1ccccc1)(c1ccccc1)c1ccccc1-2. The Bertz CT molecular complexity index is 1040. The Balaban J connectivity index is 1.99. The second kappa shape index (κ2) is 5.89. The molecule has 0 nitrogen and oxygen atoms in total. The molecule has 0 saturated carbocycles. The highest BCUT2D eigenvalue weighted by Crippen LogP contribution is 2.79. The van der Waals surface area contributed by atoms with Crippen LogP contribution in [0, 0.1) is 6.92 Å². The molecule has 0 unspecified atom stereocenters. The lowest BCUT2D eigenvalue weighted by Crippen LogP contribution is -2.01. The van der Waals surface area contributed by atoms with Crippen LogP contribution in [-0.2, 0) is 0 Å². The Morgan fingerprint density at radius 3 is 1.69 bits per heavy atom. The van der Waals surface area contributed by atoms with Crippen LogP contribution in [0.5, 0.6) is 0 Å². The summed E-state index contributed by atoms with van der Waals surface area (Å²) in [4.78, 5) is 5.74. The van der Waals surface area contributed by atoms with Gasteiger partial charge in [-0.1, -0.05) is 66.7 Å². The molecule has 0 saturated heterocycles. The number of hydrogen-bond donors (Lipinski definition) is 0.